The number of rotatable bonds is 6. The molecular formula is C10H19NO3. The fourth-order valence-corrected chi connectivity index (χ4v) is 1.39. The molecule has 0 aliphatic rings. The Balaban J connectivity index is 4.48. The number of carboxylic acid groups (broad SMARTS) is 1. The van der Waals surface area contributed by atoms with Crippen molar-refractivity contribution in [3.63, 3.8) is 0 Å². The van der Waals surface area contributed by atoms with Crippen LogP contribution in [0.5, 0.6) is 0 Å². The zero-order valence-electron chi connectivity index (χ0n) is 9.23. The molecule has 0 rings (SSSR count). The van der Waals surface area contributed by atoms with Gasteiger partial charge in [0.25, 0.3) is 0 Å². The van der Waals surface area contributed by atoms with Crippen molar-refractivity contribution in [3.05, 3.63) is 0 Å². The molecule has 0 aliphatic heterocycles. The summed E-state index contributed by atoms with van der Waals surface area (Å²) >= 11 is 0. The van der Waals surface area contributed by atoms with Gasteiger partial charge in [0.2, 0.25) is 6.41 Å². The number of hydrogen-bond donors (Lipinski definition) is 1. The third-order valence-corrected chi connectivity index (χ3v) is 2.43. The lowest BCUT2D eigenvalue weighted by Gasteiger charge is -2.27. The van der Waals surface area contributed by atoms with Gasteiger partial charge in [-0.1, -0.05) is 13.8 Å². The predicted molar refractivity (Wildman–Crippen MR) is 53.9 cm³/mol. The van der Waals surface area contributed by atoms with Crippen molar-refractivity contribution in [2.45, 2.75) is 33.2 Å². The number of carboxylic acids is 1. The highest BCUT2D eigenvalue weighted by atomic mass is 16.4. The van der Waals surface area contributed by atoms with E-state index in [2.05, 4.69) is 0 Å². The van der Waals surface area contributed by atoms with E-state index in [1.165, 1.54) is 4.90 Å². The number of amides is 1. The molecule has 1 amide bonds. The first-order valence-corrected chi connectivity index (χ1v) is 4.80. The highest BCUT2D eigenvalue weighted by molar-refractivity contribution is 5.71. The molecule has 0 aliphatic carbocycles. The summed E-state index contributed by atoms with van der Waals surface area (Å²) in [7, 11) is 1.61. The number of aliphatic carboxylic acids is 1. The fraction of sp³-hybridized carbons (Fsp3) is 0.800. The SMILES string of the molecule is CC(C)C[C@@H](C(=O)O)C(C)N(C)C=O. The van der Waals surface area contributed by atoms with Crippen LogP contribution in [0, 0.1) is 11.8 Å². The van der Waals surface area contributed by atoms with E-state index in [1.54, 1.807) is 14.0 Å². The topological polar surface area (TPSA) is 57.6 Å². The van der Waals surface area contributed by atoms with Crippen molar-refractivity contribution in [1.29, 1.82) is 0 Å². The van der Waals surface area contributed by atoms with Crippen molar-refractivity contribution in [2.75, 3.05) is 7.05 Å². The van der Waals surface area contributed by atoms with Gasteiger partial charge in [0.1, 0.15) is 0 Å². The first-order valence-electron chi connectivity index (χ1n) is 4.80. The van der Waals surface area contributed by atoms with Gasteiger partial charge in [-0.3, -0.25) is 9.59 Å². The molecule has 0 fully saturated rings. The lowest BCUT2D eigenvalue weighted by atomic mass is 9.91. The number of carbonyl (C=O) groups excluding carboxylic acids is 1. The Hall–Kier alpha value is -1.06. The molecule has 0 saturated heterocycles. The van der Waals surface area contributed by atoms with Crippen molar-refractivity contribution in [1.82, 2.24) is 4.90 Å². The second-order valence-electron chi connectivity index (χ2n) is 4.09. The van der Waals surface area contributed by atoms with Crippen LogP contribution >= 0.6 is 0 Å². The summed E-state index contributed by atoms with van der Waals surface area (Å²) in [4.78, 5) is 22.9. The molecule has 0 aromatic rings. The summed E-state index contributed by atoms with van der Waals surface area (Å²) in [6.07, 6.45) is 1.26. The largest absolute Gasteiger partial charge is 0.481 e. The molecule has 1 N–H and O–H groups in total. The third kappa shape index (κ3) is 3.77. The molecule has 2 atom stereocenters. The maximum Gasteiger partial charge on any atom is 0.308 e. The Morgan fingerprint density at radius 1 is 1.43 bits per heavy atom. The van der Waals surface area contributed by atoms with Crippen LogP contribution in [0.3, 0.4) is 0 Å². The average Bonchev–Trinajstić information content (AvgIpc) is 2.11. The van der Waals surface area contributed by atoms with E-state index in [4.69, 9.17) is 5.11 Å². The van der Waals surface area contributed by atoms with Gasteiger partial charge in [0.15, 0.2) is 0 Å². The molecule has 0 radical (unpaired) electrons. The lowest BCUT2D eigenvalue weighted by Crippen LogP contribution is -2.39. The van der Waals surface area contributed by atoms with Crippen molar-refractivity contribution < 1.29 is 14.7 Å². The molecule has 1 unspecified atom stereocenters. The Morgan fingerprint density at radius 2 is 1.93 bits per heavy atom. The van der Waals surface area contributed by atoms with Gasteiger partial charge >= 0.3 is 5.97 Å². The molecule has 14 heavy (non-hydrogen) atoms. The van der Waals surface area contributed by atoms with E-state index in [-0.39, 0.29) is 6.04 Å². The van der Waals surface area contributed by atoms with Crippen molar-refractivity contribution in [2.24, 2.45) is 11.8 Å². The minimum absolute atomic E-state index is 0.257. The van der Waals surface area contributed by atoms with Gasteiger partial charge in [-0.2, -0.15) is 0 Å². The molecule has 0 heterocycles. The van der Waals surface area contributed by atoms with Crippen LogP contribution in [0.15, 0.2) is 0 Å². The van der Waals surface area contributed by atoms with Crippen molar-refractivity contribution in [3.8, 4) is 0 Å². The summed E-state index contributed by atoms with van der Waals surface area (Å²) in [5.74, 6) is -0.997. The standard InChI is InChI=1S/C10H19NO3/c1-7(2)5-9(10(13)14)8(3)11(4)6-12/h6-9H,5H2,1-4H3,(H,13,14)/t8?,9-/m1/s1. The molecule has 82 valence electrons. The zero-order chi connectivity index (χ0) is 11.3. The molecule has 0 saturated carbocycles. The summed E-state index contributed by atoms with van der Waals surface area (Å²) in [5, 5.41) is 8.99. The second kappa shape index (κ2) is 5.62. The quantitative estimate of drug-likeness (QED) is 0.657. The third-order valence-electron chi connectivity index (χ3n) is 2.43. The van der Waals surface area contributed by atoms with E-state index < -0.39 is 11.9 Å². The maximum absolute atomic E-state index is 11.0. The highest BCUT2D eigenvalue weighted by Gasteiger charge is 2.27. The van der Waals surface area contributed by atoms with Crippen LogP contribution in [0.1, 0.15) is 27.2 Å². The normalized spacial score (nSPS) is 14.9. The fourth-order valence-electron chi connectivity index (χ4n) is 1.39. The van der Waals surface area contributed by atoms with Gasteiger partial charge < -0.3 is 10.0 Å². The zero-order valence-corrected chi connectivity index (χ0v) is 9.23. The molecule has 0 spiro atoms. The number of carbonyl (C=O) groups is 2. The second-order valence-corrected chi connectivity index (χ2v) is 4.09. The molecule has 4 nitrogen and oxygen atoms in total. The van der Waals surface area contributed by atoms with Gasteiger partial charge in [-0.25, -0.2) is 0 Å². The number of nitrogens with zero attached hydrogens (tertiary/aromatic N) is 1. The molecule has 0 bridgehead atoms. The van der Waals surface area contributed by atoms with Crippen molar-refractivity contribution >= 4 is 12.4 Å². The minimum atomic E-state index is -0.833. The van der Waals surface area contributed by atoms with Gasteiger partial charge in [0.05, 0.1) is 5.92 Å². The average molecular weight is 201 g/mol. The summed E-state index contributed by atoms with van der Waals surface area (Å²) in [5.41, 5.74) is 0. The van der Waals surface area contributed by atoms with Crippen LogP contribution in [0.4, 0.5) is 0 Å². The Kier molecular flexibility index (Phi) is 5.20. The highest BCUT2D eigenvalue weighted by Crippen LogP contribution is 2.18. The maximum atomic E-state index is 11.0. The predicted octanol–water partition coefficient (Wildman–Crippen LogP) is 1.21. The summed E-state index contributed by atoms with van der Waals surface area (Å²) in [6, 6.07) is -0.257. The number of hydrogen-bond acceptors (Lipinski definition) is 2. The molecule has 4 heteroatoms. The Labute approximate surface area is 84.9 Å². The summed E-state index contributed by atoms with van der Waals surface area (Å²) in [6.45, 7) is 5.71. The van der Waals surface area contributed by atoms with E-state index in [9.17, 15) is 9.59 Å². The monoisotopic (exact) mass is 201 g/mol. The summed E-state index contributed by atoms with van der Waals surface area (Å²) < 4.78 is 0. The van der Waals surface area contributed by atoms with Crippen LogP contribution < -0.4 is 0 Å². The van der Waals surface area contributed by atoms with Gasteiger partial charge in [-0.15, -0.1) is 0 Å². The first-order chi connectivity index (χ1) is 6.40. The van der Waals surface area contributed by atoms with Gasteiger partial charge in [0, 0.05) is 13.1 Å². The van der Waals surface area contributed by atoms with Crippen LogP contribution in [0.2, 0.25) is 0 Å². The smallest absolute Gasteiger partial charge is 0.308 e. The van der Waals surface area contributed by atoms with E-state index in [0.29, 0.717) is 18.7 Å². The van der Waals surface area contributed by atoms with E-state index in [1.807, 2.05) is 13.8 Å². The van der Waals surface area contributed by atoms with Gasteiger partial charge in [-0.05, 0) is 19.3 Å². The Bertz CT molecular complexity index is 204. The van der Waals surface area contributed by atoms with E-state index in [0.717, 1.165) is 0 Å². The lowest BCUT2D eigenvalue weighted by molar-refractivity contribution is -0.145. The molecular weight excluding hydrogens is 182 g/mol. The van der Waals surface area contributed by atoms with Crippen LogP contribution in [-0.4, -0.2) is 35.5 Å². The van der Waals surface area contributed by atoms with Crippen LogP contribution in [-0.2, 0) is 9.59 Å². The molecule has 0 aromatic heterocycles. The Morgan fingerprint density at radius 3 is 2.21 bits per heavy atom. The minimum Gasteiger partial charge on any atom is -0.481 e. The molecule has 0 aromatic carbocycles. The van der Waals surface area contributed by atoms with Crippen LogP contribution in [0.25, 0.3) is 0 Å². The van der Waals surface area contributed by atoms with E-state index >= 15 is 0 Å². The first kappa shape index (κ1) is 12.9.